The van der Waals surface area contributed by atoms with Crippen LogP contribution < -0.4 is 5.32 Å². The van der Waals surface area contributed by atoms with E-state index in [0.717, 1.165) is 0 Å². The van der Waals surface area contributed by atoms with Gasteiger partial charge >= 0.3 is 6.18 Å². The van der Waals surface area contributed by atoms with Crippen molar-refractivity contribution in [2.24, 2.45) is 17.8 Å². The molecule has 1 atom stereocenters. The van der Waals surface area contributed by atoms with Crippen LogP contribution in [-0.4, -0.2) is 29.8 Å². The van der Waals surface area contributed by atoms with Crippen LogP contribution in [0.3, 0.4) is 0 Å². The molecule has 0 bridgehead atoms. The fourth-order valence-corrected chi connectivity index (χ4v) is 2.75. The van der Waals surface area contributed by atoms with Gasteiger partial charge in [0.2, 0.25) is 5.91 Å². The Morgan fingerprint density at radius 2 is 1.80 bits per heavy atom. The highest BCUT2D eigenvalue weighted by Crippen LogP contribution is 2.39. The van der Waals surface area contributed by atoms with Crippen LogP contribution in [0, 0.1) is 17.8 Å². The van der Waals surface area contributed by atoms with Crippen molar-refractivity contribution in [1.29, 1.82) is 0 Å². The van der Waals surface area contributed by atoms with Crippen molar-refractivity contribution in [3.05, 3.63) is 0 Å². The third kappa shape index (κ3) is 5.31. The Morgan fingerprint density at radius 3 is 2.20 bits per heavy atom. The Bertz CT molecular complexity index is 310. The van der Waals surface area contributed by atoms with Gasteiger partial charge in [0.25, 0.3) is 0 Å². The molecule has 0 spiro atoms. The maximum atomic E-state index is 12.5. The molecule has 0 aromatic rings. The van der Waals surface area contributed by atoms with Gasteiger partial charge in [-0.15, -0.1) is 0 Å². The van der Waals surface area contributed by atoms with E-state index >= 15 is 0 Å². The molecule has 0 aromatic heterocycles. The van der Waals surface area contributed by atoms with E-state index in [0.29, 0.717) is 12.3 Å². The lowest BCUT2D eigenvalue weighted by atomic mass is 9.81. The lowest BCUT2D eigenvalue weighted by Crippen LogP contribution is -2.43. The number of halogens is 3. The zero-order valence-corrected chi connectivity index (χ0v) is 12.0. The number of rotatable bonds is 5. The van der Waals surface area contributed by atoms with Crippen molar-refractivity contribution < 1.29 is 23.1 Å². The number of carbonyl (C=O) groups excluding carboxylic acids is 1. The number of carbonyl (C=O) groups is 1. The van der Waals surface area contributed by atoms with Gasteiger partial charge in [-0.2, -0.15) is 13.2 Å². The van der Waals surface area contributed by atoms with E-state index < -0.39 is 12.1 Å². The van der Waals surface area contributed by atoms with Crippen molar-refractivity contribution >= 4 is 5.91 Å². The van der Waals surface area contributed by atoms with Crippen LogP contribution >= 0.6 is 0 Å². The number of hydrogen-bond acceptors (Lipinski definition) is 2. The van der Waals surface area contributed by atoms with Crippen molar-refractivity contribution in [2.45, 2.75) is 58.2 Å². The molecule has 0 heterocycles. The van der Waals surface area contributed by atoms with Gasteiger partial charge in [-0.25, -0.2) is 0 Å². The van der Waals surface area contributed by atoms with Crippen molar-refractivity contribution in [3.8, 4) is 0 Å². The van der Waals surface area contributed by atoms with Crippen molar-refractivity contribution in [2.75, 3.05) is 6.61 Å². The predicted octanol–water partition coefficient (Wildman–Crippen LogP) is 2.88. The number of amides is 1. The molecule has 0 aromatic carbocycles. The molecule has 1 rings (SSSR count). The minimum Gasteiger partial charge on any atom is -0.394 e. The van der Waals surface area contributed by atoms with Crippen LogP contribution in [-0.2, 0) is 4.79 Å². The lowest BCUT2D eigenvalue weighted by molar-refractivity contribution is -0.184. The summed E-state index contributed by atoms with van der Waals surface area (Å²) in [5.74, 6) is -1.50. The SMILES string of the molecule is CC(C)CC(CO)NC(=O)C1CCC(C(F)(F)F)CC1. The molecule has 1 amide bonds. The molecular weight excluding hydrogens is 271 g/mol. The molecule has 3 nitrogen and oxygen atoms in total. The van der Waals surface area contributed by atoms with Crippen LogP contribution in [0.5, 0.6) is 0 Å². The van der Waals surface area contributed by atoms with E-state index in [9.17, 15) is 23.1 Å². The predicted molar refractivity (Wildman–Crippen MR) is 70.0 cm³/mol. The first-order valence-corrected chi connectivity index (χ1v) is 7.22. The molecule has 1 aliphatic carbocycles. The molecule has 1 aliphatic rings. The zero-order chi connectivity index (χ0) is 15.3. The van der Waals surface area contributed by atoms with Gasteiger partial charge in [-0.05, 0) is 38.0 Å². The molecular formula is C14H24F3NO2. The summed E-state index contributed by atoms with van der Waals surface area (Å²) in [4.78, 5) is 12.0. The van der Waals surface area contributed by atoms with Gasteiger partial charge in [0.05, 0.1) is 18.6 Å². The van der Waals surface area contributed by atoms with Crippen LogP contribution in [0.2, 0.25) is 0 Å². The fourth-order valence-electron chi connectivity index (χ4n) is 2.75. The summed E-state index contributed by atoms with van der Waals surface area (Å²) in [5.41, 5.74) is 0. The van der Waals surface area contributed by atoms with Crippen molar-refractivity contribution in [1.82, 2.24) is 5.32 Å². The Balaban J connectivity index is 2.42. The lowest BCUT2D eigenvalue weighted by Gasteiger charge is -2.30. The highest BCUT2D eigenvalue weighted by molar-refractivity contribution is 5.79. The molecule has 2 N–H and O–H groups in total. The largest absolute Gasteiger partial charge is 0.394 e. The second-order valence-corrected chi connectivity index (χ2v) is 6.11. The summed E-state index contributed by atoms with van der Waals surface area (Å²) in [5, 5.41) is 12.0. The Hall–Kier alpha value is -0.780. The van der Waals surface area contributed by atoms with Gasteiger partial charge in [0.15, 0.2) is 0 Å². The smallest absolute Gasteiger partial charge is 0.391 e. The van der Waals surface area contributed by atoms with Crippen LogP contribution in [0.25, 0.3) is 0 Å². The second-order valence-electron chi connectivity index (χ2n) is 6.11. The maximum Gasteiger partial charge on any atom is 0.391 e. The molecule has 1 unspecified atom stereocenters. The highest BCUT2D eigenvalue weighted by Gasteiger charge is 2.42. The fraction of sp³-hybridized carbons (Fsp3) is 0.929. The molecule has 1 saturated carbocycles. The average Bonchev–Trinajstić information content (AvgIpc) is 2.36. The average molecular weight is 295 g/mol. The number of aliphatic hydroxyl groups excluding tert-OH is 1. The van der Waals surface area contributed by atoms with E-state index in [-0.39, 0.29) is 50.2 Å². The topological polar surface area (TPSA) is 49.3 Å². The van der Waals surface area contributed by atoms with Gasteiger partial charge in [0, 0.05) is 5.92 Å². The number of alkyl halides is 3. The molecule has 0 radical (unpaired) electrons. The van der Waals surface area contributed by atoms with E-state index in [2.05, 4.69) is 5.32 Å². The van der Waals surface area contributed by atoms with E-state index in [1.807, 2.05) is 13.8 Å². The summed E-state index contributed by atoms with van der Waals surface area (Å²) >= 11 is 0. The maximum absolute atomic E-state index is 12.5. The van der Waals surface area contributed by atoms with Gasteiger partial charge in [-0.3, -0.25) is 4.79 Å². The molecule has 1 fully saturated rings. The molecule has 118 valence electrons. The molecule has 6 heteroatoms. The van der Waals surface area contributed by atoms with E-state index in [1.54, 1.807) is 0 Å². The van der Waals surface area contributed by atoms with E-state index in [1.165, 1.54) is 0 Å². The molecule has 0 saturated heterocycles. The minimum absolute atomic E-state index is 0.0234. The van der Waals surface area contributed by atoms with Gasteiger partial charge in [-0.1, -0.05) is 13.8 Å². The number of aliphatic hydroxyl groups is 1. The Morgan fingerprint density at radius 1 is 1.25 bits per heavy atom. The second kappa shape index (κ2) is 7.29. The summed E-state index contributed by atoms with van der Waals surface area (Å²) in [6.45, 7) is 3.84. The summed E-state index contributed by atoms with van der Waals surface area (Å²) in [6.07, 6.45) is -2.89. The zero-order valence-electron chi connectivity index (χ0n) is 12.0. The van der Waals surface area contributed by atoms with Crippen LogP contribution in [0.4, 0.5) is 13.2 Å². The van der Waals surface area contributed by atoms with Crippen molar-refractivity contribution in [3.63, 3.8) is 0 Å². The third-order valence-corrected chi connectivity index (χ3v) is 3.88. The standard InChI is InChI=1S/C14H24F3NO2/c1-9(2)7-12(8-19)18-13(20)10-3-5-11(6-4-10)14(15,16)17/h9-12,19H,3-8H2,1-2H3,(H,18,20). The highest BCUT2D eigenvalue weighted by atomic mass is 19.4. The van der Waals surface area contributed by atoms with Crippen LogP contribution in [0.15, 0.2) is 0 Å². The monoisotopic (exact) mass is 295 g/mol. The first-order chi connectivity index (χ1) is 9.24. The van der Waals surface area contributed by atoms with Gasteiger partial charge in [0.1, 0.15) is 0 Å². The minimum atomic E-state index is -4.15. The van der Waals surface area contributed by atoms with Crippen LogP contribution in [0.1, 0.15) is 46.0 Å². The third-order valence-electron chi connectivity index (χ3n) is 3.88. The van der Waals surface area contributed by atoms with E-state index in [4.69, 9.17) is 0 Å². The van der Waals surface area contributed by atoms with Gasteiger partial charge < -0.3 is 10.4 Å². The Labute approximate surface area is 117 Å². The summed E-state index contributed by atoms with van der Waals surface area (Å²) in [6, 6.07) is -0.303. The quantitative estimate of drug-likeness (QED) is 0.819. The first-order valence-electron chi connectivity index (χ1n) is 7.22. The summed E-state index contributed by atoms with van der Waals surface area (Å²) < 4.78 is 37.6. The normalized spacial score (nSPS) is 25.6. The number of hydrogen-bond donors (Lipinski definition) is 2. The Kier molecular flexibility index (Phi) is 6.30. The molecule has 0 aliphatic heterocycles. The number of nitrogens with one attached hydrogen (secondary N) is 1. The summed E-state index contributed by atoms with van der Waals surface area (Å²) in [7, 11) is 0. The first kappa shape index (κ1) is 17.3. The molecule has 20 heavy (non-hydrogen) atoms.